The van der Waals surface area contributed by atoms with Gasteiger partial charge in [0.1, 0.15) is 23.2 Å². The van der Waals surface area contributed by atoms with Gasteiger partial charge in [-0.05, 0) is 32.4 Å². The van der Waals surface area contributed by atoms with E-state index in [4.69, 9.17) is 9.72 Å². The number of nitrogens with zero attached hydrogens (tertiary/aromatic N) is 3. The van der Waals surface area contributed by atoms with Crippen molar-refractivity contribution in [2.24, 2.45) is 0 Å². The summed E-state index contributed by atoms with van der Waals surface area (Å²) in [5.41, 5.74) is 2.35. The summed E-state index contributed by atoms with van der Waals surface area (Å²) < 4.78 is 5.44. The van der Waals surface area contributed by atoms with Gasteiger partial charge >= 0.3 is 0 Å². The Morgan fingerprint density at radius 2 is 1.71 bits per heavy atom. The van der Waals surface area contributed by atoms with Crippen molar-refractivity contribution in [3.05, 3.63) is 77.6 Å². The molecule has 0 aliphatic carbocycles. The van der Waals surface area contributed by atoms with Crippen LogP contribution in [-0.4, -0.2) is 23.1 Å². The first kappa shape index (κ1) is 19.7. The Labute approximate surface area is 167 Å². The molecule has 3 aromatic rings. The fourth-order valence-electron chi connectivity index (χ4n) is 3.13. The molecule has 0 saturated carbocycles. The van der Waals surface area contributed by atoms with E-state index in [1.54, 1.807) is 7.11 Å². The molecule has 1 N–H and O–H groups in total. The van der Waals surface area contributed by atoms with E-state index in [9.17, 15) is 0 Å². The predicted molar refractivity (Wildman–Crippen MR) is 115 cm³/mol. The second kappa shape index (κ2) is 9.22. The van der Waals surface area contributed by atoms with Crippen LogP contribution < -0.4 is 15.0 Å². The first-order valence-electron chi connectivity index (χ1n) is 9.59. The van der Waals surface area contributed by atoms with Crippen LogP contribution in [-0.2, 0) is 13.1 Å². The number of ether oxygens (including phenoxy) is 1. The molecule has 28 heavy (non-hydrogen) atoms. The number of nitrogens with one attached hydrogen (secondary N) is 1. The Bertz CT molecular complexity index is 896. The molecule has 5 heteroatoms. The van der Waals surface area contributed by atoms with Crippen LogP contribution in [0.15, 0.2) is 60.7 Å². The number of hydrogen-bond acceptors (Lipinski definition) is 5. The number of hydrogen-bond donors (Lipinski definition) is 1. The van der Waals surface area contributed by atoms with Gasteiger partial charge in [-0.15, -0.1) is 0 Å². The first-order chi connectivity index (χ1) is 13.6. The van der Waals surface area contributed by atoms with E-state index in [0.717, 1.165) is 35.3 Å². The SMILES string of the molecule is COc1ccccc1CNc1cc(N(Cc2ccccc2)C(C)C)nc(C)n1. The molecule has 0 fully saturated rings. The second-order valence-corrected chi connectivity index (χ2v) is 7.03. The lowest BCUT2D eigenvalue weighted by Crippen LogP contribution is -2.31. The summed E-state index contributed by atoms with van der Waals surface area (Å²) >= 11 is 0. The highest BCUT2D eigenvalue weighted by Crippen LogP contribution is 2.23. The zero-order valence-electron chi connectivity index (χ0n) is 17.0. The van der Waals surface area contributed by atoms with E-state index >= 15 is 0 Å². The minimum atomic E-state index is 0.316. The number of benzene rings is 2. The lowest BCUT2D eigenvalue weighted by Gasteiger charge is -2.28. The fourth-order valence-corrected chi connectivity index (χ4v) is 3.13. The maximum absolute atomic E-state index is 5.44. The summed E-state index contributed by atoms with van der Waals surface area (Å²) in [6.45, 7) is 7.74. The smallest absolute Gasteiger partial charge is 0.134 e. The van der Waals surface area contributed by atoms with Gasteiger partial charge in [-0.1, -0.05) is 48.5 Å². The molecule has 0 aliphatic rings. The lowest BCUT2D eigenvalue weighted by molar-refractivity contribution is 0.410. The van der Waals surface area contributed by atoms with Crippen molar-refractivity contribution in [3.63, 3.8) is 0 Å². The molecule has 1 heterocycles. The topological polar surface area (TPSA) is 50.3 Å². The number of methoxy groups -OCH3 is 1. The van der Waals surface area contributed by atoms with E-state index < -0.39 is 0 Å². The van der Waals surface area contributed by atoms with Crippen LogP contribution in [0.2, 0.25) is 0 Å². The Balaban J connectivity index is 1.81. The van der Waals surface area contributed by atoms with Crippen LogP contribution >= 0.6 is 0 Å². The molecule has 2 aromatic carbocycles. The van der Waals surface area contributed by atoms with Crippen molar-refractivity contribution >= 4 is 11.6 Å². The highest BCUT2D eigenvalue weighted by molar-refractivity contribution is 5.51. The molecular formula is C23H28N4O. The maximum Gasteiger partial charge on any atom is 0.134 e. The molecule has 0 amide bonds. The predicted octanol–water partition coefficient (Wildman–Crippen LogP) is 4.82. The normalized spacial score (nSPS) is 10.8. The highest BCUT2D eigenvalue weighted by Gasteiger charge is 2.15. The van der Waals surface area contributed by atoms with Gasteiger partial charge < -0.3 is 15.0 Å². The monoisotopic (exact) mass is 376 g/mol. The van der Waals surface area contributed by atoms with Crippen molar-refractivity contribution in [1.82, 2.24) is 9.97 Å². The molecule has 0 bridgehead atoms. The third-order valence-electron chi connectivity index (χ3n) is 4.59. The van der Waals surface area contributed by atoms with E-state index in [1.807, 2.05) is 37.3 Å². The third kappa shape index (κ3) is 5.00. The van der Waals surface area contributed by atoms with Crippen molar-refractivity contribution in [3.8, 4) is 5.75 Å². The molecular weight excluding hydrogens is 348 g/mol. The highest BCUT2D eigenvalue weighted by atomic mass is 16.5. The summed E-state index contributed by atoms with van der Waals surface area (Å²) in [4.78, 5) is 11.5. The van der Waals surface area contributed by atoms with Crippen molar-refractivity contribution < 1.29 is 4.74 Å². The molecule has 0 aliphatic heterocycles. The number of rotatable bonds is 8. The van der Waals surface area contributed by atoms with Gasteiger partial charge in [-0.3, -0.25) is 0 Å². The van der Waals surface area contributed by atoms with Crippen molar-refractivity contribution in [1.29, 1.82) is 0 Å². The molecule has 146 valence electrons. The Morgan fingerprint density at radius 1 is 1.00 bits per heavy atom. The quantitative estimate of drug-likeness (QED) is 0.611. The van der Waals surface area contributed by atoms with Gasteiger partial charge in [0.2, 0.25) is 0 Å². The molecule has 0 spiro atoms. The van der Waals surface area contributed by atoms with Crippen LogP contribution in [0.5, 0.6) is 5.75 Å². The Kier molecular flexibility index (Phi) is 6.48. The van der Waals surface area contributed by atoms with Crippen LogP contribution in [0.25, 0.3) is 0 Å². The second-order valence-electron chi connectivity index (χ2n) is 7.03. The van der Waals surface area contributed by atoms with Crippen LogP contribution in [0.1, 0.15) is 30.8 Å². The fraction of sp³-hybridized carbons (Fsp3) is 0.304. The summed E-state index contributed by atoms with van der Waals surface area (Å²) in [6.07, 6.45) is 0. The van der Waals surface area contributed by atoms with Gasteiger partial charge in [0.05, 0.1) is 7.11 Å². The Morgan fingerprint density at radius 3 is 2.43 bits per heavy atom. The summed E-state index contributed by atoms with van der Waals surface area (Å²) in [6, 6.07) is 20.8. The van der Waals surface area contributed by atoms with E-state index in [-0.39, 0.29) is 0 Å². The molecule has 0 atom stereocenters. The van der Waals surface area contributed by atoms with Crippen molar-refractivity contribution in [2.45, 2.75) is 39.9 Å². The van der Waals surface area contributed by atoms with Gasteiger partial charge in [0, 0.05) is 30.8 Å². The molecule has 0 saturated heterocycles. The number of para-hydroxylation sites is 1. The van der Waals surface area contributed by atoms with Gasteiger partial charge in [-0.2, -0.15) is 0 Å². The standard InChI is InChI=1S/C23H28N4O/c1-17(2)27(16-19-10-6-5-7-11-19)23-14-22(25-18(3)26-23)24-15-20-12-8-9-13-21(20)28-4/h5-14,17H,15-16H2,1-4H3,(H,24,25,26). The molecule has 5 nitrogen and oxygen atoms in total. The summed E-state index contributed by atoms with van der Waals surface area (Å²) in [7, 11) is 1.69. The maximum atomic E-state index is 5.44. The van der Waals surface area contributed by atoms with Crippen LogP contribution in [0.3, 0.4) is 0 Å². The number of anilines is 2. The zero-order chi connectivity index (χ0) is 19.9. The van der Waals surface area contributed by atoms with E-state index in [1.165, 1.54) is 5.56 Å². The average Bonchev–Trinajstić information content (AvgIpc) is 2.71. The average molecular weight is 377 g/mol. The first-order valence-corrected chi connectivity index (χ1v) is 9.59. The van der Waals surface area contributed by atoms with Crippen molar-refractivity contribution in [2.75, 3.05) is 17.3 Å². The van der Waals surface area contributed by atoms with Gasteiger partial charge in [0.25, 0.3) is 0 Å². The minimum Gasteiger partial charge on any atom is -0.496 e. The summed E-state index contributed by atoms with van der Waals surface area (Å²) in [5.74, 6) is 3.36. The summed E-state index contributed by atoms with van der Waals surface area (Å²) in [5, 5.41) is 3.42. The van der Waals surface area contributed by atoms with Gasteiger partial charge in [-0.25, -0.2) is 9.97 Å². The van der Waals surface area contributed by atoms with E-state index in [2.05, 4.69) is 59.4 Å². The lowest BCUT2D eigenvalue weighted by atomic mass is 10.2. The molecule has 0 unspecified atom stereocenters. The van der Waals surface area contributed by atoms with Gasteiger partial charge in [0.15, 0.2) is 0 Å². The van der Waals surface area contributed by atoms with Crippen LogP contribution in [0.4, 0.5) is 11.6 Å². The number of aryl methyl sites for hydroxylation is 1. The largest absolute Gasteiger partial charge is 0.496 e. The molecule has 3 rings (SSSR count). The molecule has 1 aromatic heterocycles. The Hall–Kier alpha value is -3.08. The zero-order valence-corrected chi connectivity index (χ0v) is 17.0. The third-order valence-corrected chi connectivity index (χ3v) is 4.59. The minimum absolute atomic E-state index is 0.316. The number of aromatic nitrogens is 2. The van der Waals surface area contributed by atoms with Crippen LogP contribution in [0, 0.1) is 6.92 Å². The molecule has 0 radical (unpaired) electrons. The van der Waals surface area contributed by atoms with E-state index in [0.29, 0.717) is 12.6 Å².